The molecule has 0 aromatic heterocycles. The summed E-state index contributed by atoms with van der Waals surface area (Å²) < 4.78 is 6.90. The molecule has 4 nitrogen and oxygen atoms in total. The van der Waals surface area contributed by atoms with Crippen molar-refractivity contribution in [2.45, 2.75) is 20.5 Å². The molecule has 1 amide bonds. The van der Waals surface area contributed by atoms with Gasteiger partial charge in [-0.2, -0.15) is 5.26 Å². The van der Waals surface area contributed by atoms with Crippen molar-refractivity contribution in [2.24, 2.45) is 0 Å². The van der Waals surface area contributed by atoms with Gasteiger partial charge in [-0.1, -0.05) is 63.4 Å². The van der Waals surface area contributed by atoms with E-state index in [-0.39, 0.29) is 17.2 Å². The molecule has 1 N–H and O–H groups in total. The van der Waals surface area contributed by atoms with Gasteiger partial charge in [-0.3, -0.25) is 4.79 Å². The fraction of sp³-hybridized carbons (Fsp3) is 0.120. The maximum Gasteiger partial charge on any atom is 0.266 e. The Balaban J connectivity index is 1.90. The molecule has 0 aliphatic rings. The highest BCUT2D eigenvalue weighted by molar-refractivity contribution is 9.10. The molecular formula is C25H19BrCl2N2O2. The number of hydrogen-bond acceptors (Lipinski definition) is 3. The van der Waals surface area contributed by atoms with Gasteiger partial charge in [0.2, 0.25) is 0 Å². The average Bonchev–Trinajstić information content (AvgIpc) is 2.75. The fourth-order valence-corrected chi connectivity index (χ4v) is 3.78. The Bertz CT molecular complexity index is 1230. The van der Waals surface area contributed by atoms with Gasteiger partial charge in [0.15, 0.2) is 0 Å². The summed E-state index contributed by atoms with van der Waals surface area (Å²) in [5.41, 5.74) is 3.89. The van der Waals surface area contributed by atoms with Crippen LogP contribution in [0.3, 0.4) is 0 Å². The van der Waals surface area contributed by atoms with Gasteiger partial charge in [0.05, 0.1) is 5.02 Å². The first-order chi connectivity index (χ1) is 15.3. The van der Waals surface area contributed by atoms with E-state index in [0.29, 0.717) is 22.0 Å². The Kier molecular flexibility index (Phi) is 7.98. The number of halogens is 3. The van der Waals surface area contributed by atoms with Crippen molar-refractivity contribution in [3.05, 3.63) is 96.9 Å². The molecule has 0 atom stereocenters. The molecule has 3 aromatic rings. The van der Waals surface area contributed by atoms with E-state index in [1.54, 1.807) is 18.2 Å². The Labute approximate surface area is 205 Å². The van der Waals surface area contributed by atoms with Gasteiger partial charge in [0.25, 0.3) is 5.91 Å². The lowest BCUT2D eigenvalue weighted by atomic mass is 10.1. The molecule has 0 unspecified atom stereocenters. The molecule has 7 heteroatoms. The topological polar surface area (TPSA) is 62.1 Å². The molecule has 3 aromatic carbocycles. The fourth-order valence-electron chi connectivity index (χ4n) is 2.96. The summed E-state index contributed by atoms with van der Waals surface area (Å²) in [7, 11) is 0. The number of nitriles is 1. The second-order valence-electron chi connectivity index (χ2n) is 7.09. The molecule has 0 spiro atoms. The smallest absolute Gasteiger partial charge is 0.266 e. The van der Waals surface area contributed by atoms with Gasteiger partial charge in [0, 0.05) is 20.7 Å². The molecule has 0 saturated carbocycles. The lowest BCUT2D eigenvalue weighted by molar-refractivity contribution is -0.112. The number of benzene rings is 3. The van der Waals surface area contributed by atoms with Crippen LogP contribution in [0.5, 0.6) is 5.75 Å². The van der Waals surface area contributed by atoms with Gasteiger partial charge in [-0.05, 0) is 66.9 Å². The summed E-state index contributed by atoms with van der Waals surface area (Å²) in [6.45, 7) is 4.12. The lowest BCUT2D eigenvalue weighted by Crippen LogP contribution is -2.14. The van der Waals surface area contributed by atoms with Crippen molar-refractivity contribution in [1.82, 2.24) is 0 Å². The predicted octanol–water partition coefficient (Wildman–Crippen LogP) is 7.50. The third-order valence-electron chi connectivity index (χ3n) is 4.85. The Morgan fingerprint density at radius 3 is 2.56 bits per heavy atom. The van der Waals surface area contributed by atoms with Crippen molar-refractivity contribution in [2.75, 3.05) is 5.32 Å². The van der Waals surface area contributed by atoms with Crippen molar-refractivity contribution >= 4 is 56.8 Å². The summed E-state index contributed by atoms with van der Waals surface area (Å²) >= 11 is 15.9. The number of ether oxygens (including phenoxy) is 1. The van der Waals surface area contributed by atoms with Crippen LogP contribution in [0, 0.1) is 25.2 Å². The minimum Gasteiger partial charge on any atom is -0.487 e. The van der Waals surface area contributed by atoms with Crippen LogP contribution in [-0.4, -0.2) is 5.91 Å². The molecule has 32 heavy (non-hydrogen) atoms. The van der Waals surface area contributed by atoms with Crippen molar-refractivity contribution in [1.29, 1.82) is 5.26 Å². The van der Waals surface area contributed by atoms with Crippen LogP contribution in [0.2, 0.25) is 10.0 Å². The molecule has 0 fully saturated rings. The number of carbonyl (C=O) groups excluding carboxylic acids is 1. The maximum absolute atomic E-state index is 12.8. The molecule has 0 aliphatic carbocycles. The first-order valence-electron chi connectivity index (χ1n) is 9.64. The van der Waals surface area contributed by atoms with Crippen LogP contribution < -0.4 is 10.1 Å². The number of nitrogens with zero attached hydrogens (tertiary/aromatic N) is 1. The maximum atomic E-state index is 12.8. The van der Waals surface area contributed by atoms with E-state index in [4.69, 9.17) is 27.9 Å². The number of anilines is 1. The summed E-state index contributed by atoms with van der Waals surface area (Å²) in [5.74, 6) is -0.192. The zero-order valence-corrected chi connectivity index (χ0v) is 20.5. The zero-order valence-electron chi connectivity index (χ0n) is 17.4. The molecule has 3 rings (SSSR count). The summed E-state index contributed by atoms with van der Waals surface area (Å²) in [6.07, 6.45) is 1.43. The Morgan fingerprint density at radius 2 is 1.88 bits per heavy atom. The molecule has 0 radical (unpaired) electrons. The van der Waals surface area contributed by atoms with Gasteiger partial charge in [-0.25, -0.2) is 0 Å². The Morgan fingerprint density at radius 1 is 1.16 bits per heavy atom. The van der Waals surface area contributed by atoms with Crippen LogP contribution >= 0.6 is 39.1 Å². The number of carbonyl (C=O) groups is 1. The van der Waals surface area contributed by atoms with Gasteiger partial charge < -0.3 is 10.1 Å². The van der Waals surface area contributed by atoms with E-state index in [9.17, 15) is 10.1 Å². The quantitative estimate of drug-likeness (QED) is 0.265. The van der Waals surface area contributed by atoms with Crippen LogP contribution in [-0.2, 0) is 11.4 Å². The molecular weight excluding hydrogens is 511 g/mol. The highest BCUT2D eigenvalue weighted by Gasteiger charge is 2.15. The standard InChI is InChI=1S/C25H19BrCl2N2O2/c1-15-4-3-5-23(16(15)2)30-25(31)19(13-29)10-18-11-21(27)12-22(28)24(18)32-14-17-6-8-20(26)9-7-17/h3-12H,14H2,1-2H3,(H,30,31)/b19-10+. The predicted molar refractivity (Wildman–Crippen MR) is 133 cm³/mol. The normalized spacial score (nSPS) is 11.1. The number of aryl methyl sites for hydroxylation is 1. The van der Waals surface area contributed by atoms with Crippen molar-refractivity contribution < 1.29 is 9.53 Å². The first-order valence-corrected chi connectivity index (χ1v) is 11.2. The van der Waals surface area contributed by atoms with Gasteiger partial charge >= 0.3 is 0 Å². The number of amides is 1. The van der Waals surface area contributed by atoms with Crippen LogP contribution in [0.1, 0.15) is 22.3 Å². The third-order valence-corrected chi connectivity index (χ3v) is 5.88. The number of hydrogen-bond donors (Lipinski definition) is 1. The molecule has 162 valence electrons. The van der Waals surface area contributed by atoms with Crippen LogP contribution in [0.4, 0.5) is 5.69 Å². The number of rotatable bonds is 6. The SMILES string of the molecule is Cc1cccc(NC(=O)/C(C#N)=C/c2cc(Cl)cc(Cl)c2OCc2ccc(Br)cc2)c1C. The molecule has 0 heterocycles. The molecule has 0 saturated heterocycles. The Hall–Kier alpha value is -2.78. The largest absolute Gasteiger partial charge is 0.487 e. The van der Waals surface area contributed by atoms with E-state index in [0.717, 1.165) is 21.2 Å². The second-order valence-corrected chi connectivity index (χ2v) is 8.85. The number of nitrogens with one attached hydrogen (secondary N) is 1. The zero-order chi connectivity index (χ0) is 23.3. The van der Waals surface area contributed by atoms with Crippen molar-refractivity contribution in [3.63, 3.8) is 0 Å². The van der Waals surface area contributed by atoms with Gasteiger partial charge in [0.1, 0.15) is 24.0 Å². The van der Waals surface area contributed by atoms with E-state index in [1.165, 1.54) is 6.08 Å². The van der Waals surface area contributed by atoms with Crippen LogP contribution in [0.15, 0.2) is 64.6 Å². The van der Waals surface area contributed by atoms with Crippen LogP contribution in [0.25, 0.3) is 6.08 Å². The van der Waals surface area contributed by atoms with E-state index < -0.39 is 5.91 Å². The highest BCUT2D eigenvalue weighted by Crippen LogP contribution is 2.35. The lowest BCUT2D eigenvalue weighted by Gasteiger charge is -2.13. The summed E-state index contributed by atoms with van der Waals surface area (Å²) in [6, 6.07) is 18.4. The second kappa shape index (κ2) is 10.7. The molecule has 0 aliphatic heterocycles. The highest BCUT2D eigenvalue weighted by atomic mass is 79.9. The van der Waals surface area contributed by atoms with Gasteiger partial charge in [-0.15, -0.1) is 0 Å². The third kappa shape index (κ3) is 5.92. The minimum absolute atomic E-state index is 0.0993. The molecule has 0 bridgehead atoms. The summed E-state index contributed by atoms with van der Waals surface area (Å²) in [5, 5.41) is 13.1. The van der Waals surface area contributed by atoms with E-state index in [2.05, 4.69) is 21.2 Å². The van der Waals surface area contributed by atoms with E-state index >= 15 is 0 Å². The first kappa shape index (κ1) is 23.9. The van der Waals surface area contributed by atoms with Crippen molar-refractivity contribution in [3.8, 4) is 11.8 Å². The minimum atomic E-state index is -0.531. The summed E-state index contributed by atoms with van der Waals surface area (Å²) in [4.78, 5) is 12.8. The average molecular weight is 530 g/mol. The monoisotopic (exact) mass is 528 g/mol. The van der Waals surface area contributed by atoms with E-state index in [1.807, 2.05) is 56.3 Å².